The van der Waals surface area contributed by atoms with Crippen LogP contribution in [0.25, 0.3) is 11.0 Å². The number of rotatable bonds is 6. The van der Waals surface area contributed by atoms with E-state index in [1.807, 2.05) is 18.5 Å². The van der Waals surface area contributed by atoms with Crippen LogP contribution in [0.3, 0.4) is 0 Å². The summed E-state index contributed by atoms with van der Waals surface area (Å²) < 4.78 is 17.7. The number of nitrogens with one attached hydrogen (secondary N) is 2. The van der Waals surface area contributed by atoms with Crippen molar-refractivity contribution in [2.75, 3.05) is 5.32 Å². The maximum absolute atomic E-state index is 13.8. The van der Waals surface area contributed by atoms with E-state index in [2.05, 4.69) is 20.3 Å². The standard InChI is InChI=1S/C25H20Cl2FN7O3/c1-13-30-20-9-17(27)19(10-21(20)33(13)2)31-23-32-24(37)35(12-15-4-3-7-29-22(15)36)25(38)34(23)11-14-5-6-18(28)16(26)8-14/h3-10H,11-12H2,1-2H3,(H,29,36)(H,31,32,37). The van der Waals surface area contributed by atoms with Crippen molar-refractivity contribution >= 4 is 45.9 Å². The zero-order valence-electron chi connectivity index (χ0n) is 20.1. The summed E-state index contributed by atoms with van der Waals surface area (Å²) in [5.74, 6) is 0.0628. The van der Waals surface area contributed by atoms with Gasteiger partial charge in [0.1, 0.15) is 11.6 Å². The largest absolute Gasteiger partial charge is 0.355 e. The average Bonchev–Trinajstić information content (AvgIpc) is 3.14. The highest BCUT2D eigenvalue weighted by Gasteiger charge is 2.18. The highest BCUT2D eigenvalue weighted by Crippen LogP contribution is 2.30. The van der Waals surface area contributed by atoms with Crippen molar-refractivity contribution in [2.24, 2.45) is 7.05 Å². The van der Waals surface area contributed by atoms with E-state index in [9.17, 15) is 18.8 Å². The van der Waals surface area contributed by atoms with Crippen LogP contribution < -0.4 is 22.3 Å². The summed E-state index contributed by atoms with van der Waals surface area (Å²) in [6.07, 6.45) is 1.45. The summed E-state index contributed by atoms with van der Waals surface area (Å²) in [6.45, 7) is 1.45. The number of pyridine rings is 1. The Morgan fingerprint density at radius 2 is 1.79 bits per heavy atom. The molecule has 0 saturated heterocycles. The molecule has 0 amide bonds. The van der Waals surface area contributed by atoms with Crippen LogP contribution in [0.15, 0.2) is 63.0 Å². The molecular weight excluding hydrogens is 536 g/mol. The second-order valence-electron chi connectivity index (χ2n) is 8.61. The van der Waals surface area contributed by atoms with E-state index in [-0.39, 0.29) is 29.6 Å². The molecule has 5 aromatic rings. The van der Waals surface area contributed by atoms with Gasteiger partial charge in [0.2, 0.25) is 5.95 Å². The quantitative estimate of drug-likeness (QED) is 0.330. The summed E-state index contributed by atoms with van der Waals surface area (Å²) in [6, 6.07) is 10.5. The van der Waals surface area contributed by atoms with E-state index >= 15 is 0 Å². The van der Waals surface area contributed by atoms with Crippen molar-refractivity contribution in [1.82, 2.24) is 28.7 Å². The highest BCUT2D eigenvalue weighted by molar-refractivity contribution is 6.34. The van der Waals surface area contributed by atoms with Gasteiger partial charge < -0.3 is 14.9 Å². The van der Waals surface area contributed by atoms with Gasteiger partial charge in [0.15, 0.2) is 0 Å². The van der Waals surface area contributed by atoms with E-state index in [4.69, 9.17) is 23.2 Å². The van der Waals surface area contributed by atoms with Gasteiger partial charge in [0, 0.05) is 18.8 Å². The summed E-state index contributed by atoms with van der Waals surface area (Å²) >= 11 is 12.4. The Balaban J connectivity index is 1.65. The fraction of sp³-hybridized carbons (Fsp3) is 0.160. The topological polar surface area (TPSA) is 120 Å². The minimum Gasteiger partial charge on any atom is -0.331 e. The van der Waals surface area contributed by atoms with Crippen LogP contribution in [-0.2, 0) is 20.1 Å². The van der Waals surface area contributed by atoms with Gasteiger partial charge in [-0.3, -0.25) is 9.36 Å². The molecule has 5 rings (SSSR count). The number of aromatic nitrogens is 6. The van der Waals surface area contributed by atoms with Crippen LogP contribution in [0, 0.1) is 12.7 Å². The number of hydrogen-bond acceptors (Lipinski definition) is 6. The molecule has 0 aliphatic heterocycles. The smallest absolute Gasteiger partial charge is 0.331 e. The minimum atomic E-state index is -0.872. The second-order valence-corrected chi connectivity index (χ2v) is 9.42. The lowest BCUT2D eigenvalue weighted by atomic mass is 10.2. The first-order valence-corrected chi connectivity index (χ1v) is 12.1. The molecule has 0 bridgehead atoms. The molecule has 194 valence electrons. The van der Waals surface area contributed by atoms with Gasteiger partial charge in [-0.15, -0.1) is 0 Å². The van der Waals surface area contributed by atoms with Crippen LogP contribution >= 0.6 is 23.2 Å². The third-order valence-corrected chi connectivity index (χ3v) is 6.74. The minimum absolute atomic E-state index is 0.0983. The van der Waals surface area contributed by atoms with E-state index in [0.717, 1.165) is 15.9 Å². The Bertz CT molecular complexity index is 1890. The van der Waals surface area contributed by atoms with Gasteiger partial charge in [0.05, 0.1) is 39.9 Å². The number of benzene rings is 2. The molecule has 0 spiro atoms. The molecule has 0 radical (unpaired) electrons. The van der Waals surface area contributed by atoms with Crippen LogP contribution in [0.4, 0.5) is 16.0 Å². The van der Waals surface area contributed by atoms with Gasteiger partial charge >= 0.3 is 11.4 Å². The SMILES string of the molecule is Cc1nc2cc(Cl)c(Nc3nc(=O)n(Cc4ccc[nH]c4=O)c(=O)n3Cc3ccc(F)c(Cl)c3)cc2n1C. The summed E-state index contributed by atoms with van der Waals surface area (Å²) in [7, 11) is 1.85. The number of nitrogens with zero attached hydrogens (tertiary/aromatic N) is 5. The monoisotopic (exact) mass is 555 g/mol. The molecule has 0 aliphatic carbocycles. The molecule has 0 unspecified atom stereocenters. The first-order valence-electron chi connectivity index (χ1n) is 11.3. The molecule has 38 heavy (non-hydrogen) atoms. The number of anilines is 2. The van der Waals surface area contributed by atoms with Gasteiger partial charge in [-0.25, -0.2) is 23.5 Å². The Morgan fingerprint density at radius 3 is 2.53 bits per heavy atom. The Kier molecular flexibility index (Phi) is 6.64. The Morgan fingerprint density at radius 1 is 1.00 bits per heavy atom. The normalized spacial score (nSPS) is 11.3. The number of fused-ring (bicyclic) bond motifs is 1. The van der Waals surface area contributed by atoms with Crippen LogP contribution in [0.2, 0.25) is 10.0 Å². The molecule has 0 atom stereocenters. The van der Waals surface area contributed by atoms with Crippen LogP contribution in [0.5, 0.6) is 0 Å². The third kappa shape index (κ3) is 4.73. The zero-order chi connectivity index (χ0) is 27.1. The highest BCUT2D eigenvalue weighted by atomic mass is 35.5. The van der Waals surface area contributed by atoms with Crippen molar-refractivity contribution in [3.05, 3.63) is 113 Å². The van der Waals surface area contributed by atoms with Gasteiger partial charge in [0.25, 0.3) is 5.56 Å². The van der Waals surface area contributed by atoms with Gasteiger partial charge in [-0.05, 0) is 42.8 Å². The number of imidazole rings is 1. The maximum atomic E-state index is 13.8. The molecule has 0 saturated carbocycles. The summed E-state index contributed by atoms with van der Waals surface area (Å²) in [5.41, 5.74) is 0.453. The second kappa shape index (κ2) is 9.92. The summed E-state index contributed by atoms with van der Waals surface area (Å²) in [4.78, 5) is 49.9. The fourth-order valence-electron chi connectivity index (χ4n) is 4.02. The Labute approximate surface area is 223 Å². The van der Waals surface area contributed by atoms with Crippen molar-refractivity contribution in [1.29, 1.82) is 0 Å². The molecule has 10 nitrogen and oxygen atoms in total. The number of hydrogen-bond donors (Lipinski definition) is 2. The number of halogens is 3. The van der Waals surface area contributed by atoms with E-state index < -0.39 is 22.8 Å². The predicted molar refractivity (Wildman–Crippen MR) is 143 cm³/mol. The van der Waals surface area contributed by atoms with Crippen molar-refractivity contribution < 1.29 is 4.39 Å². The average molecular weight is 556 g/mol. The van der Waals surface area contributed by atoms with Crippen molar-refractivity contribution in [2.45, 2.75) is 20.0 Å². The number of aromatic amines is 1. The van der Waals surface area contributed by atoms with E-state index in [1.165, 1.54) is 35.0 Å². The molecule has 2 N–H and O–H groups in total. The van der Waals surface area contributed by atoms with E-state index in [0.29, 0.717) is 21.8 Å². The number of aryl methyl sites for hydroxylation is 2. The predicted octanol–water partition coefficient (Wildman–Crippen LogP) is 3.57. The van der Waals surface area contributed by atoms with Gasteiger partial charge in [-0.1, -0.05) is 35.3 Å². The molecule has 0 fully saturated rings. The molecule has 0 aliphatic rings. The first-order chi connectivity index (χ1) is 18.1. The third-order valence-electron chi connectivity index (χ3n) is 6.14. The molecule has 3 aromatic heterocycles. The maximum Gasteiger partial charge on any atom is 0.355 e. The molecule has 2 aromatic carbocycles. The molecule has 13 heteroatoms. The lowest BCUT2D eigenvalue weighted by Crippen LogP contribution is -2.43. The fourth-order valence-corrected chi connectivity index (χ4v) is 4.43. The van der Waals surface area contributed by atoms with Crippen LogP contribution in [0.1, 0.15) is 17.0 Å². The van der Waals surface area contributed by atoms with Crippen molar-refractivity contribution in [3.8, 4) is 0 Å². The van der Waals surface area contributed by atoms with E-state index in [1.54, 1.807) is 18.2 Å². The first kappa shape index (κ1) is 25.4. The lowest BCUT2D eigenvalue weighted by molar-refractivity contribution is 0.585. The summed E-state index contributed by atoms with van der Waals surface area (Å²) in [5, 5.41) is 3.16. The molecular formula is C25H20Cl2FN7O3. The van der Waals surface area contributed by atoms with Crippen LogP contribution in [-0.4, -0.2) is 28.7 Å². The Hall–Kier alpha value is -4.22. The van der Waals surface area contributed by atoms with Crippen molar-refractivity contribution in [3.63, 3.8) is 0 Å². The zero-order valence-corrected chi connectivity index (χ0v) is 21.6. The lowest BCUT2D eigenvalue weighted by Gasteiger charge is -2.16. The number of H-pyrrole nitrogens is 1. The molecule has 3 heterocycles. The van der Waals surface area contributed by atoms with Gasteiger partial charge in [-0.2, -0.15) is 4.98 Å².